The minimum Gasteiger partial charge on any atom is -0.432 e. The Morgan fingerprint density at radius 2 is 1.17 bits per heavy atom. The maximum Gasteiger partial charge on any atom is 0.315 e. The van der Waals surface area contributed by atoms with E-state index in [1.807, 2.05) is 0 Å². The highest BCUT2D eigenvalue weighted by Crippen LogP contribution is 2.76. The third-order valence-corrected chi connectivity index (χ3v) is 22.7. The summed E-state index contributed by atoms with van der Waals surface area (Å²) in [6.07, 6.45) is -26.7. The van der Waals surface area contributed by atoms with Crippen molar-refractivity contribution in [3.63, 3.8) is 0 Å². The lowest BCUT2D eigenvalue weighted by molar-refractivity contribution is -0.364. The molecule has 31 atom stereocenters. The maximum atomic E-state index is 15.2. The zero-order chi connectivity index (χ0) is 60.4. The van der Waals surface area contributed by atoms with Gasteiger partial charge >= 0.3 is 5.97 Å². The molecule has 83 heavy (non-hydrogen) atoms. The van der Waals surface area contributed by atoms with Crippen molar-refractivity contribution in [1.29, 1.82) is 0 Å². The van der Waals surface area contributed by atoms with Crippen molar-refractivity contribution in [2.75, 3.05) is 26.4 Å². The molecule has 0 aromatic rings. The molecule has 25 nitrogen and oxygen atoms in total. The number of esters is 1. The van der Waals surface area contributed by atoms with E-state index in [4.69, 9.17) is 47.4 Å². The van der Waals surface area contributed by atoms with E-state index >= 15 is 4.79 Å². The molecule has 4 saturated carbocycles. The standard InChI is InChI=1S/C58H94O25/c1-24-34(62)38(66)42(70)49(77-24)82-46-36(64)28(61)22-75-51(46)80-33-12-13-55(6)31(54(33,4)5)11-14-57(8)32(55)10-9-25-26-19-53(2,3)15-17-58(26,18-16-56(25,57)7)52(73)83-50-43(71)39(67)37(65)30(79-50)23-76-47-44(72)40(68)45(29(20-59)78-47)81-48-41(69)35(63)27(60)21-74-48/h9,24,26-51,59-72H,10-23H2,1-8H3/t24-,26-,27-,28-,29+,30+,31-,32+,33-,34-,35-,36-,37+,38+,39-,40+,41+,42+,43+,44+,45+,46+,47+,48-,49-,50-,51-,55-,56+,57+,58-/m0/s1. The molecule has 10 rings (SSSR count). The molecule has 5 saturated heterocycles. The number of rotatable bonds is 12. The van der Waals surface area contributed by atoms with Crippen LogP contribution in [0.3, 0.4) is 0 Å². The Morgan fingerprint density at radius 3 is 1.87 bits per heavy atom. The van der Waals surface area contributed by atoms with E-state index in [9.17, 15) is 71.5 Å². The van der Waals surface area contributed by atoms with E-state index in [1.54, 1.807) is 0 Å². The molecule has 14 N–H and O–H groups in total. The lowest BCUT2D eigenvalue weighted by Crippen LogP contribution is -2.66. The molecule has 5 aliphatic carbocycles. The molecular formula is C58H94O25. The Labute approximate surface area is 483 Å². The van der Waals surface area contributed by atoms with Gasteiger partial charge in [0.2, 0.25) is 6.29 Å². The van der Waals surface area contributed by atoms with Crippen LogP contribution in [0.5, 0.6) is 0 Å². The second-order valence-corrected chi connectivity index (χ2v) is 28.2. The summed E-state index contributed by atoms with van der Waals surface area (Å²) in [5.74, 6) is -0.445. The minimum atomic E-state index is -1.88. The number of aliphatic hydroxyl groups excluding tert-OH is 14. The maximum absolute atomic E-state index is 15.2. The Balaban J connectivity index is 0.826. The van der Waals surface area contributed by atoms with Crippen LogP contribution in [0.15, 0.2) is 11.6 Å². The highest BCUT2D eigenvalue weighted by atomic mass is 16.8. The van der Waals surface area contributed by atoms with Gasteiger partial charge < -0.3 is 119 Å². The van der Waals surface area contributed by atoms with Crippen molar-refractivity contribution in [2.24, 2.45) is 50.2 Å². The first-order valence-electron chi connectivity index (χ1n) is 30.0. The van der Waals surface area contributed by atoms with E-state index in [0.29, 0.717) is 38.5 Å². The number of allylic oxidation sites excluding steroid dienone is 2. The Morgan fingerprint density at radius 1 is 0.566 bits per heavy atom. The van der Waals surface area contributed by atoms with Gasteiger partial charge in [-0.25, -0.2) is 0 Å². The second-order valence-electron chi connectivity index (χ2n) is 28.2. The van der Waals surface area contributed by atoms with Crippen LogP contribution in [0, 0.1) is 50.2 Å². The molecule has 0 amide bonds. The number of carbonyl (C=O) groups excluding carboxylic acids is 1. The minimum absolute atomic E-state index is 0.149. The largest absolute Gasteiger partial charge is 0.432 e. The molecule has 5 aliphatic heterocycles. The van der Waals surface area contributed by atoms with Crippen LogP contribution >= 0.6 is 0 Å². The first-order chi connectivity index (χ1) is 38.8. The number of ether oxygens (including phenoxy) is 10. The lowest BCUT2D eigenvalue weighted by atomic mass is 9.33. The molecule has 0 radical (unpaired) electrons. The Hall–Kier alpha value is -1.71. The fraction of sp³-hybridized carbons (Fsp3) is 0.948. The topological polar surface area (TPSA) is 393 Å². The molecule has 0 bridgehead atoms. The highest BCUT2D eigenvalue weighted by Gasteiger charge is 2.70. The van der Waals surface area contributed by atoms with Crippen molar-refractivity contribution >= 4 is 5.97 Å². The number of fused-ring (bicyclic) bond motifs is 7. The molecule has 10 aliphatic rings. The SMILES string of the molecule is C[C@@H]1O[C@@H](O[C@H]2[C@H](O[C@H]3CC[C@]4(C)[C@H]5CC=C6[C@@H]7CC(C)(C)CC[C@]7(C(=O)O[C@@H]7O[C@H](CO[C@@H]8O[C@H](CO)[C@@H](O[C@@H]9OC[C@H](O)[C@H](O)[C@H]9O)[C@H](O)[C@H]8O)[C@@H](O)[C@H](O)[C@H]7O)CC[C@@]6(C)[C@]5(C)CC[C@H]4C3(C)C)OC[C@H](O)[C@@H]2O)[C@H](O)[C@H](O)[C@H]1O. The van der Waals surface area contributed by atoms with Crippen LogP contribution in [0.2, 0.25) is 0 Å². The molecule has 25 heteroatoms. The molecule has 476 valence electrons. The number of aliphatic hydroxyl groups is 14. The van der Waals surface area contributed by atoms with Gasteiger partial charge in [-0.15, -0.1) is 0 Å². The van der Waals surface area contributed by atoms with Gasteiger partial charge in [0.1, 0.15) is 104 Å². The Bertz CT molecular complexity index is 2310. The number of carbonyl (C=O) groups is 1. The Kier molecular flexibility index (Phi) is 18.3. The summed E-state index contributed by atoms with van der Waals surface area (Å²) in [7, 11) is 0. The summed E-state index contributed by atoms with van der Waals surface area (Å²) in [4.78, 5) is 15.2. The third-order valence-electron chi connectivity index (χ3n) is 22.7. The van der Waals surface area contributed by atoms with Crippen molar-refractivity contribution in [3.05, 3.63) is 11.6 Å². The van der Waals surface area contributed by atoms with E-state index in [2.05, 4.69) is 54.5 Å². The summed E-state index contributed by atoms with van der Waals surface area (Å²) >= 11 is 0. The fourth-order valence-electron chi connectivity index (χ4n) is 17.3. The summed E-state index contributed by atoms with van der Waals surface area (Å²) in [5.41, 5.74) is -1.11. The van der Waals surface area contributed by atoms with Crippen LogP contribution in [0.25, 0.3) is 0 Å². The van der Waals surface area contributed by atoms with Gasteiger partial charge in [0.25, 0.3) is 0 Å². The van der Waals surface area contributed by atoms with Crippen molar-refractivity contribution in [1.82, 2.24) is 0 Å². The molecule has 0 aromatic heterocycles. The smallest absolute Gasteiger partial charge is 0.315 e. The van der Waals surface area contributed by atoms with Gasteiger partial charge in [-0.2, -0.15) is 0 Å². The summed E-state index contributed by atoms with van der Waals surface area (Å²) in [6, 6.07) is 0. The van der Waals surface area contributed by atoms with Gasteiger partial charge in [-0.1, -0.05) is 60.1 Å². The molecule has 0 unspecified atom stereocenters. The van der Waals surface area contributed by atoms with Crippen LogP contribution in [-0.2, 0) is 52.2 Å². The van der Waals surface area contributed by atoms with Crippen LogP contribution in [0.4, 0.5) is 0 Å². The highest BCUT2D eigenvalue weighted by molar-refractivity contribution is 5.79. The quantitative estimate of drug-likeness (QED) is 0.0576. The summed E-state index contributed by atoms with van der Waals surface area (Å²) in [5, 5.41) is 150. The second kappa shape index (κ2) is 23.6. The zero-order valence-corrected chi connectivity index (χ0v) is 48.8. The molecule has 0 aromatic carbocycles. The van der Waals surface area contributed by atoms with Gasteiger partial charge in [0.15, 0.2) is 25.2 Å². The van der Waals surface area contributed by atoms with Gasteiger partial charge in [-0.05, 0) is 116 Å². The van der Waals surface area contributed by atoms with E-state index < -0.39 is 178 Å². The predicted octanol–water partition coefficient (Wildman–Crippen LogP) is -1.91. The zero-order valence-electron chi connectivity index (χ0n) is 48.8. The third kappa shape index (κ3) is 10.9. The lowest BCUT2D eigenvalue weighted by Gasteiger charge is -2.71. The average molecular weight is 1190 g/mol. The molecular weight excluding hydrogens is 1100 g/mol. The molecule has 0 spiro atoms. The van der Waals surface area contributed by atoms with E-state index in [-0.39, 0.29) is 52.1 Å². The average Bonchev–Trinajstić information content (AvgIpc) is 0.981. The van der Waals surface area contributed by atoms with Crippen LogP contribution in [0.1, 0.15) is 120 Å². The first-order valence-corrected chi connectivity index (χ1v) is 30.0. The van der Waals surface area contributed by atoms with E-state index in [0.717, 1.165) is 25.7 Å². The number of hydrogen-bond acceptors (Lipinski definition) is 25. The van der Waals surface area contributed by atoms with Crippen molar-refractivity contribution in [2.45, 2.75) is 267 Å². The normalized spacial score (nSPS) is 54.2. The van der Waals surface area contributed by atoms with E-state index in [1.165, 1.54) is 12.5 Å². The van der Waals surface area contributed by atoms with Crippen LogP contribution in [-0.4, -0.2) is 251 Å². The monoisotopic (exact) mass is 1190 g/mol. The molecule has 5 heterocycles. The van der Waals surface area contributed by atoms with Gasteiger partial charge in [0.05, 0.1) is 44.1 Å². The van der Waals surface area contributed by atoms with Crippen LogP contribution < -0.4 is 0 Å². The van der Waals surface area contributed by atoms with Gasteiger partial charge in [-0.3, -0.25) is 4.79 Å². The summed E-state index contributed by atoms with van der Waals surface area (Å²) in [6.45, 7) is 15.5. The summed E-state index contributed by atoms with van der Waals surface area (Å²) < 4.78 is 59.3. The predicted molar refractivity (Wildman–Crippen MR) is 282 cm³/mol. The van der Waals surface area contributed by atoms with Gasteiger partial charge in [0, 0.05) is 0 Å². The fourth-order valence-corrected chi connectivity index (χ4v) is 17.3. The first kappa shape index (κ1) is 64.3. The number of hydrogen-bond donors (Lipinski definition) is 14. The van der Waals surface area contributed by atoms with Crippen molar-refractivity contribution < 1.29 is 124 Å². The van der Waals surface area contributed by atoms with Crippen molar-refractivity contribution in [3.8, 4) is 0 Å². The molecule has 9 fully saturated rings.